The van der Waals surface area contributed by atoms with Crippen LogP contribution in [0.4, 0.5) is 0 Å². The SMILES string of the molecule is O=C(c1cc2ccccc2s1)N1CCOCC1CO. The van der Waals surface area contributed by atoms with E-state index in [0.717, 1.165) is 15.0 Å². The lowest BCUT2D eigenvalue weighted by atomic mass is 10.2. The Labute approximate surface area is 115 Å². The van der Waals surface area contributed by atoms with Crippen LogP contribution >= 0.6 is 11.3 Å². The Kier molecular flexibility index (Phi) is 3.50. The molecule has 5 heteroatoms. The minimum Gasteiger partial charge on any atom is -0.394 e. The van der Waals surface area contributed by atoms with E-state index in [9.17, 15) is 9.90 Å². The number of carbonyl (C=O) groups is 1. The van der Waals surface area contributed by atoms with Crippen LogP contribution in [0.1, 0.15) is 9.67 Å². The number of aliphatic hydroxyl groups is 1. The summed E-state index contributed by atoms with van der Waals surface area (Å²) in [7, 11) is 0. The Bertz CT molecular complexity index is 562. The van der Waals surface area contributed by atoms with E-state index in [1.807, 2.05) is 30.3 Å². The van der Waals surface area contributed by atoms with E-state index in [-0.39, 0.29) is 18.6 Å². The fraction of sp³-hybridized carbons (Fsp3) is 0.357. The van der Waals surface area contributed by atoms with Gasteiger partial charge in [-0.05, 0) is 17.5 Å². The van der Waals surface area contributed by atoms with E-state index in [1.54, 1.807) is 4.90 Å². The molecule has 1 fully saturated rings. The lowest BCUT2D eigenvalue weighted by molar-refractivity contribution is -0.0181. The van der Waals surface area contributed by atoms with Crippen LogP contribution in [0.2, 0.25) is 0 Å². The lowest BCUT2D eigenvalue weighted by Crippen LogP contribution is -2.50. The van der Waals surface area contributed by atoms with Crippen molar-refractivity contribution in [3.05, 3.63) is 35.2 Å². The maximum absolute atomic E-state index is 12.5. The third kappa shape index (κ3) is 2.36. The monoisotopic (exact) mass is 277 g/mol. The highest BCUT2D eigenvalue weighted by Gasteiger charge is 2.28. The summed E-state index contributed by atoms with van der Waals surface area (Å²) < 4.78 is 6.41. The largest absolute Gasteiger partial charge is 0.394 e. The van der Waals surface area contributed by atoms with Crippen molar-refractivity contribution in [3.63, 3.8) is 0 Å². The van der Waals surface area contributed by atoms with Crippen molar-refractivity contribution < 1.29 is 14.6 Å². The molecule has 2 aromatic rings. The molecule has 100 valence electrons. The quantitative estimate of drug-likeness (QED) is 0.909. The number of amides is 1. The van der Waals surface area contributed by atoms with Gasteiger partial charge in [-0.2, -0.15) is 0 Å². The minimum absolute atomic E-state index is 0.0106. The molecule has 1 saturated heterocycles. The van der Waals surface area contributed by atoms with Crippen molar-refractivity contribution in [1.29, 1.82) is 0 Å². The summed E-state index contributed by atoms with van der Waals surface area (Å²) in [6, 6.07) is 9.65. The smallest absolute Gasteiger partial charge is 0.264 e. The van der Waals surface area contributed by atoms with Crippen LogP contribution in [-0.2, 0) is 4.74 Å². The molecule has 1 aliphatic rings. The number of hydrogen-bond donors (Lipinski definition) is 1. The molecule has 1 N–H and O–H groups in total. The van der Waals surface area contributed by atoms with E-state index >= 15 is 0 Å². The summed E-state index contributed by atoms with van der Waals surface area (Å²) in [6.45, 7) is 1.43. The summed E-state index contributed by atoms with van der Waals surface area (Å²) in [6.07, 6.45) is 0. The molecule has 0 bridgehead atoms. The molecular weight excluding hydrogens is 262 g/mol. The molecule has 1 aliphatic heterocycles. The fourth-order valence-electron chi connectivity index (χ4n) is 2.30. The van der Waals surface area contributed by atoms with Gasteiger partial charge in [-0.1, -0.05) is 18.2 Å². The third-order valence-corrected chi connectivity index (χ3v) is 4.44. The van der Waals surface area contributed by atoms with Crippen molar-refractivity contribution in [2.75, 3.05) is 26.4 Å². The zero-order valence-electron chi connectivity index (χ0n) is 10.4. The standard InChI is InChI=1S/C14H15NO3S/c16-8-11-9-18-6-5-15(11)14(17)13-7-10-3-1-2-4-12(10)19-13/h1-4,7,11,16H,5-6,8-9H2. The molecule has 1 aromatic carbocycles. The van der Waals surface area contributed by atoms with Gasteiger partial charge < -0.3 is 14.7 Å². The summed E-state index contributed by atoms with van der Waals surface area (Å²) >= 11 is 1.50. The number of benzene rings is 1. The zero-order valence-corrected chi connectivity index (χ0v) is 11.2. The maximum atomic E-state index is 12.5. The highest BCUT2D eigenvalue weighted by molar-refractivity contribution is 7.20. The molecular formula is C14H15NO3S. The highest BCUT2D eigenvalue weighted by atomic mass is 32.1. The van der Waals surface area contributed by atoms with Crippen LogP contribution in [0, 0.1) is 0 Å². The van der Waals surface area contributed by atoms with Crippen molar-refractivity contribution in [2.45, 2.75) is 6.04 Å². The number of carbonyl (C=O) groups excluding carboxylic acids is 1. The molecule has 1 unspecified atom stereocenters. The first kappa shape index (κ1) is 12.6. The van der Waals surface area contributed by atoms with E-state index in [0.29, 0.717) is 19.8 Å². The fourth-order valence-corrected chi connectivity index (χ4v) is 3.32. The first-order valence-electron chi connectivity index (χ1n) is 6.28. The van der Waals surface area contributed by atoms with Gasteiger partial charge in [0.1, 0.15) is 0 Å². The van der Waals surface area contributed by atoms with Gasteiger partial charge in [-0.15, -0.1) is 11.3 Å². The number of fused-ring (bicyclic) bond motifs is 1. The van der Waals surface area contributed by atoms with E-state index in [2.05, 4.69) is 0 Å². The van der Waals surface area contributed by atoms with Gasteiger partial charge in [0.2, 0.25) is 0 Å². The number of aliphatic hydroxyl groups excluding tert-OH is 1. The lowest BCUT2D eigenvalue weighted by Gasteiger charge is -2.34. The van der Waals surface area contributed by atoms with Crippen LogP contribution in [-0.4, -0.2) is 48.3 Å². The van der Waals surface area contributed by atoms with Crippen LogP contribution in [0.25, 0.3) is 10.1 Å². The number of thiophene rings is 1. The van der Waals surface area contributed by atoms with Crippen molar-refractivity contribution in [1.82, 2.24) is 4.90 Å². The number of ether oxygens (including phenoxy) is 1. The predicted molar refractivity (Wildman–Crippen MR) is 74.6 cm³/mol. The third-order valence-electron chi connectivity index (χ3n) is 3.34. The van der Waals surface area contributed by atoms with Crippen molar-refractivity contribution in [3.8, 4) is 0 Å². The molecule has 19 heavy (non-hydrogen) atoms. The second-order valence-electron chi connectivity index (χ2n) is 4.56. The van der Waals surface area contributed by atoms with Gasteiger partial charge in [-0.25, -0.2) is 0 Å². The summed E-state index contributed by atoms with van der Waals surface area (Å²) in [5.41, 5.74) is 0. The van der Waals surface area contributed by atoms with Gasteiger partial charge in [0.05, 0.1) is 30.7 Å². The molecule has 1 aromatic heterocycles. The minimum atomic E-state index is -0.230. The average Bonchev–Trinajstić information content (AvgIpc) is 2.90. The van der Waals surface area contributed by atoms with Crippen LogP contribution in [0.3, 0.4) is 0 Å². The van der Waals surface area contributed by atoms with Crippen LogP contribution < -0.4 is 0 Å². The average molecular weight is 277 g/mol. The van der Waals surface area contributed by atoms with Crippen LogP contribution in [0.5, 0.6) is 0 Å². The molecule has 0 aliphatic carbocycles. The van der Waals surface area contributed by atoms with Crippen molar-refractivity contribution in [2.24, 2.45) is 0 Å². The number of morpholine rings is 1. The van der Waals surface area contributed by atoms with E-state index in [4.69, 9.17) is 4.74 Å². The first-order chi connectivity index (χ1) is 9.29. The molecule has 1 amide bonds. The molecule has 1 atom stereocenters. The second kappa shape index (κ2) is 5.28. The Balaban J connectivity index is 1.89. The van der Waals surface area contributed by atoms with Crippen LogP contribution in [0.15, 0.2) is 30.3 Å². The Morgan fingerprint density at radius 2 is 2.32 bits per heavy atom. The number of nitrogens with zero attached hydrogens (tertiary/aromatic N) is 1. The van der Waals surface area contributed by atoms with E-state index < -0.39 is 0 Å². The van der Waals surface area contributed by atoms with Gasteiger partial charge in [-0.3, -0.25) is 4.79 Å². The summed E-state index contributed by atoms with van der Waals surface area (Å²) in [5.74, 6) is -0.0106. The van der Waals surface area contributed by atoms with Gasteiger partial charge in [0, 0.05) is 11.2 Å². The Morgan fingerprint density at radius 3 is 3.11 bits per heavy atom. The van der Waals surface area contributed by atoms with Gasteiger partial charge >= 0.3 is 0 Å². The van der Waals surface area contributed by atoms with E-state index in [1.165, 1.54) is 11.3 Å². The summed E-state index contributed by atoms with van der Waals surface area (Å²) in [5, 5.41) is 10.4. The molecule has 0 spiro atoms. The molecule has 0 radical (unpaired) electrons. The zero-order chi connectivity index (χ0) is 13.2. The molecule has 4 nitrogen and oxygen atoms in total. The summed E-state index contributed by atoms with van der Waals surface area (Å²) in [4.78, 5) is 14.9. The van der Waals surface area contributed by atoms with Gasteiger partial charge in [0.25, 0.3) is 5.91 Å². The molecule has 2 heterocycles. The first-order valence-corrected chi connectivity index (χ1v) is 7.09. The maximum Gasteiger partial charge on any atom is 0.264 e. The Morgan fingerprint density at radius 1 is 1.47 bits per heavy atom. The number of rotatable bonds is 2. The molecule has 0 saturated carbocycles. The van der Waals surface area contributed by atoms with Crippen molar-refractivity contribution >= 4 is 27.3 Å². The van der Waals surface area contributed by atoms with Gasteiger partial charge in [0.15, 0.2) is 0 Å². The normalized spacial score (nSPS) is 19.8. The highest BCUT2D eigenvalue weighted by Crippen LogP contribution is 2.27. The predicted octanol–water partition coefficient (Wildman–Crippen LogP) is 1.73. The Hall–Kier alpha value is -1.43. The molecule has 3 rings (SSSR count). The number of hydrogen-bond acceptors (Lipinski definition) is 4. The second-order valence-corrected chi connectivity index (χ2v) is 5.64. The topological polar surface area (TPSA) is 49.8 Å².